The lowest BCUT2D eigenvalue weighted by molar-refractivity contribution is -0.129. The highest BCUT2D eigenvalue weighted by atomic mass is 35.5. The van der Waals surface area contributed by atoms with Crippen LogP contribution in [0.25, 0.3) is 21.8 Å². The Kier molecular flexibility index (Phi) is 5.41. The first-order chi connectivity index (χ1) is 17.4. The van der Waals surface area contributed by atoms with Crippen molar-refractivity contribution in [2.75, 3.05) is 0 Å². The number of nitrogens with zero attached hydrogens (tertiary/aromatic N) is 6. The molecular formula is C23H18ClFN8O2S. The topological polar surface area (TPSA) is 136 Å². The molecule has 2 aliphatic rings. The van der Waals surface area contributed by atoms with Crippen molar-refractivity contribution in [2.45, 2.75) is 31.3 Å². The van der Waals surface area contributed by atoms with Crippen molar-refractivity contribution in [3.63, 3.8) is 0 Å². The highest BCUT2D eigenvalue weighted by Gasteiger charge is 2.42. The van der Waals surface area contributed by atoms with Crippen LogP contribution in [0.15, 0.2) is 42.9 Å². The predicted molar refractivity (Wildman–Crippen MR) is 130 cm³/mol. The number of hydrogen-bond donors (Lipinski definition) is 2. The minimum Gasteiger partial charge on any atom is -0.365 e. The second kappa shape index (κ2) is 8.64. The van der Waals surface area contributed by atoms with Gasteiger partial charge in [-0.3, -0.25) is 9.59 Å². The first-order valence-electron chi connectivity index (χ1n) is 11.1. The molecule has 2 aliphatic heterocycles. The minimum atomic E-state index is -0.617. The van der Waals surface area contributed by atoms with Gasteiger partial charge >= 0.3 is 0 Å². The van der Waals surface area contributed by atoms with Crippen molar-refractivity contribution in [3.8, 4) is 16.3 Å². The number of imidazole rings is 1. The number of primary amides is 1. The second-order valence-electron chi connectivity index (χ2n) is 8.59. The summed E-state index contributed by atoms with van der Waals surface area (Å²) in [5, 5.41) is 11.1. The average Bonchev–Trinajstić information content (AvgIpc) is 3.66. The molecule has 0 aliphatic carbocycles. The minimum absolute atomic E-state index is 0.0434. The van der Waals surface area contributed by atoms with Gasteiger partial charge in [0.15, 0.2) is 5.82 Å². The Bertz CT molecular complexity index is 1530. The van der Waals surface area contributed by atoms with Gasteiger partial charge in [-0.05, 0) is 59.5 Å². The number of tetrazole rings is 1. The van der Waals surface area contributed by atoms with Crippen LogP contribution in [0.5, 0.6) is 0 Å². The lowest BCUT2D eigenvalue weighted by Crippen LogP contribution is -2.39. The lowest BCUT2D eigenvalue weighted by Gasteiger charge is -2.33. The molecule has 3 N–H and O–H groups in total. The first kappa shape index (κ1) is 22.6. The maximum Gasteiger partial charge on any atom is 0.258 e. The van der Waals surface area contributed by atoms with Crippen molar-refractivity contribution >= 4 is 40.3 Å². The Balaban J connectivity index is 1.31. The average molecular weight is 525 g/mol. The molecule has 182 valence electrons. The summed E-state index contributed by atoms with van der Waals surface area (Å²) in [5.74, 6) is -0.662. The predicted octanol–water partition coefficient (Wildman–Crippen LogP) is 3.52. The zero-order chi connectivity index (χ0) is 25.0. The number of fused-ring (bicyclic) bond motifs is 1. The van der Waals surface area contributed by atoms with E-state index in [-0.39, 0.29) is 28.6 Å². The van der Waals surface area contributed by atoms with Gasteiger partial charge in [-0.25, -0.2) is 9.37 Å². The van der Waals surface area contributed by atoms with E-state index in [9.17, 15) is 9.59 Å². The molecule has 0 bridgehead atoms. The van der Waals surface area contributed by atoms with E-state index in [0.29, 0.717) is 34.8 Å². The quantitative estimate of drug-likeness (QED) is 0.410. The number of thiophene rings is 1. The normalized spacial score (nSPS) is 19.4. The van der Waals surface area contributed by atoms with E-state index in [4.69, 9.17) is 17.3 Å². The van der Waals surface area contributed by atoms with Crippen molar-refractivity contribution in [1.29, 1.82) is 0 Å². The number of aromatic nitrogens is 6. The fourth-order valence-electron chi connectivity index (χ4n) is 4.95. The Morgan fingerprint density at radius 1 is 1.25 bits per heavy atom. The Morgan fingerprint density at radius 2 is 2.11 bits per heavy atom. The third-order valence-corrected chi connectivity index (χ3v) is 7.95. The molecule has 0 spiro atoms. The van der Waals surface area contributed by atoms with Crippen LogP contribution >= 0.6 is 22.9 Å². The number of nitrogens with one attached hydrogen (secondary N) is 1. The van der Waals surface area contributed by atoms with Gasteiger partial charge in [0.2, 0.25) is 5.91 Å². The molecule has 2 amide bonds. The van der Waals surface area contributed by atoms with Gasteiger partial charge in [-0.2, -0.15) is 4.68 Å². The van der Waals surface area contributed by atoms with Crippen LogP contribution in [-0.4, -0.2) is 52.9 Å². The van der Waals surface area contributed by atoms with Gasteiger partial charge in [0, 0.05) is 17.7 Å². The largest absolute Gasteiger partial charge is 0.365 e. The van der Waals surface area contributed by atoms with E-state index in [1.54, 1.807) is 23.2 Å². The van der Waals surface area contributed by atoms with Gasteiger partial charge in [-0.15, -0.1) is 16.4 Å². The molecular weight excluding hydrogens is 507 g/mol. The second-order valence-corrected chi connectivity index (χ2v) is 10.1. The van der Waals surface area contributed by atoms with Crippen LogP contribution in [0.2, 0.25) is 5.02 Å². The third-order valence-electron chi connectivity index (χ3n) is 6.53. The molecule has 4 aromatic rings. The molecule has 2 atom stereocenters. The number of H-pyrrole nitrogens is 1. The SMILES string of the molecule is NC(=O)c1ccc(-c2cnc([C@@H]3CC[C@@H]4CC(c5c(-n6cnnn6)ccc(Cl)c5F)=CC(=O)N43)[nH]2)s1. The molecule has 10 nitrogen and oxygen atoms in total. The van der Waals surface area contributed by atoms with Gasteiger partial charge in [-0.1, -0.05) is 11.6 Å². The zero-order valence-corrected chi connectivity index (χ0v) is 20.1. The van der Waals surface area contributed by atoms with Gasteiger partial charge in [0.25, 0.3) is 5.91 Å². The molecule has 0 unspecified atom stereocenters. The van der Waals surface area contributed by atoms with Crippen molar-refractivity contribution in [2.24, 2.45) is 5.73 Å². The maximum atomic E-state index is 15.2. The molecule has 6 rings (SSSR count). The number of carbonyl (C=O) groups is 2. The van der Waals surface area contributed by atoms with Crippen molar-refractivity contribution in [3.05, 3.63) is 70.0 Å². The Hall–Kier alpha value is -3.90. The Labute approximate surface area is 212 Å². The van der Waals surface area contributed by atoms with E-state index in [2.05, 4.69) is 25.5 Å². The third kappa shape index (κ3) is 3.69. The lowest BCUT2D eigenvalue weighted by atomic mass is 9.92. The molecule has 0 saturated carbocycles. The Morgan fingerprint density at radius 3 is 2.86 bits per heavy atom. The number of halogens is 2. The smallest absolute Gasteiger partial charge is 0.258 e. The number of benzene rings is 1. The van der Waals surface area contributed by atoms with Gasteiger partial charge in [0.05, 0.1) is 38.4 Å². The summed E-state index contributed by atoms with van der Waals surface area (Å²) < 4.78 is 16.6. The van der Waals surface area contributed by atoms with Crippen LogP contribution < -0.4 is 5.73 Å². The zero-order valence-electron chi connectivity index (χ0n) is 18.6. The van der Waals surface area contributed by atoms with Gasteiger partial charge in [0.1, 0.15) is 12.2 Å². The van der Waals surface area contributed by atoms with Crippen LogP contribution in [-0.2, 0) is 4.79 Å². The number of nitrogens with two attached hydrogens (primary N) is 1. The number of aromatic amines is 1. The van der Waals surface area contributed by atoms with Gasteiger partial charge < -0.3 is 15.6 Å². The van der Waals surface area contributed by atoms with Crippen molar-refractivity contribution in [1.82, 2.24) is 35.1 Å². The molecule has 5 heterocycles. The molecule has 0 radical (unpaired) electrons. The van der Waals surface area contributed by atoms with Crippen LogP contribution in [0.3, 0.4) is 0 Å². The molecule has 1 fully saturated rings. The summed E-state index contributed by atoms with van der Waals surface area (Å²) in [6.07, 6.45) is 6.41. The van der Waals surface area contributed by atoms with Crippen LogP contribution in [0.4, 0.5) is 4.39 Å². The highest BCUT2D eigenvalue weighted by Crippen LogP contribution is 2.44. The number of rotatable bonds is 5. The van der Waals surface area contributed by atoms with Crippen LogP contribution in [0, 0.1) is 5.82 Å². The summed E-state index contributed by atoms with van der Waals surface area (Å²) in [5.41, 5.74) is 7.28. The summed E-state index contributed by atoms with van der Waals surface area (Å²) >= 11 is 7.37. The summed E-state index contributed by atoms with van der Waals surface area (Å²) in [6.45, 7) is 0. The van der Waals surface area contributed by atoms with Crippen molar-refractivity contribution < 1.29 is 14.0 Å². The molecule has 13 heteroatoms. The fraction of sp³-hybridized carbons (Fsp3) is 0.217. The molecule has 1 saturated heterocycles. The molecule has 36 heavy (non-hydrogen) atoms. The van der Waals surface area contributed by atoms with E-state index in [1.807, 2.05) is 6.07 Å². The molecule has 3 aromatic heterocycles. The summed E-state index contributed by atoms with van der Waals surface area (Å²) in [4.78, 5) is 35.7. The summed E-state index contributed by atoms with van der Waals surface area (Å²) in [6, 6.07) is 6.18. The maximum absolute atomic E-state index is 15.2. The van der Waals surface area contributed by atoms with E-state index < -0.39 is 11.7 Å². The number of carbonyl (C=O) groups excluding carboxylic acids is 2. The number of amides is 2. The first-order valence-corrected chi connectivity index (χ1v) is 12.3. The standard InChI is InChI=1S/C23H18ClFN8O2S/c24-13-2-4-15(32-10-28-30-31-32)20(21(13)25)11-7-12-1-3-16(33(12)19(34)8-11)23-27-9-14(29-23)17-5-6-18(36-17)22(26)35/h2,4-6,8-10,12,16H,1,3,7H2,(H2,26,35)(H,27,29)/t12-,16+/m1/s1. The molecule has 1 aromatic carbocycles. The summed E-state index contributed by atoms with van der Waals surface area (Å²) in [7, 11) is 0. The monoisotopic (exact) mass is 524 g/mol. The van der Waals surface area contributed by atoms with E-state index >= 15 is 4.39 Å². The van der Waals surface area contributed by atoms with Crippen LogP contribution in [0.1, 0.15) is 46.4 Å². The fourth-order valence-corrected chi connectivity index (χ4v) is 5.93. The van der Waals surface area contributed by atoms with E-state index in [0.717, 1.165) is 17.0 Å². The van der Waals surface area contributed by atoms with E-state index in [1.165, 1.54) is 34.5 Å². The highest BCUT2D eigenvalue weighted by molar-refractivity contribution is 7.17. The number of hydrogen-bond acceptors (Lipinski definition) is 7.